The van der Waals surface area contributed by atoms with E-state index in [4.69, 9.17) is 0 Å². The maximum atomic E-state index is 12.2. The Balaban J connectivity index is 0.00000364. The van der Waals surface area contributed by atoms with E-state index in [-0.39, 0.29) is 40.5 Å². The number of guanidine groups is 1. The molecule has 27 heavy (non-hydrogen) atoms. The van der Waals surface area contributed by atoms with Gasteiger partial charge in [-0.25, -0.2) is 13.4 Å². The molecule has 9 heteroatoms. The van der Waals surface area contributed by atoms with Crippen LogP contribution in [0.2, 0.25) is 0 Å². The number of nitrogens with one attached hydrogen (secondary N) is 2. The van der Waals surface area contributed by atoms with Gasteiger partial charge in [0.15, 0.2) is 15.8 Å². The van der Waals surface area contributed by atoms with E-state index in [1.165, 1.54) is 0 Å². The number of hydrogen-bond acceptors (Lipinski definition) is 5. The van der Waals surface area contributed by atoms with Crippen LogP contribution in [0.25, 0.3) is 0 Å². The SMILES string of the molecule is CCNC(=NCc1ccccc1C)NCC(O)CS(=O)(=O)c1cccs1.I. The zero-order chi connectivity index (χ0) is 19.0. The Morgan fingerprint density at radius 2 is 1.96 bits per heavy atom. The second-order valence-electron chi connectivity index (χ2n) is 5.87. The smallest absolute Gasteiger partial charge is 0.191 e. The minimum absolute atomic E-state index is 0. The average Bonchev–Trinajstić information content (AvgIpc) is 3.14. The number of aryl methyl sites for hydroxylation is 1. The van der Waals surface area contributed by atoms with Crippen molar-refractivity contribution in [3.05, 3.63) is 52.9 Å². The molecule has 0 spiro atoms. The van der Waals surface area contributed by atoms with E-state index in [1.807, 2.05) is 38.1 Å². The largest absolute Gasteiger partial charge is 0.390 e. The van der Waals surface area contributed by atoms with E-state index in [9.17, 15) is 13.5 Å². The number of nitrogens with zero attached hydrogens (tertiary/aromatic N) is 1. The number of aliphatic hydroxyl groups excluding tert-OH is 1. The Labute approximate surface area is 182 Å². The van der Waals surface area contributed by atoms with Crippen LogP contribution in [0.3, 0.4) is 0 Å². The van der Waals surface area contributed by atoms with Gasteiger partial charge >= 0.3 is 0 Å². The van der Waals surface area contributed by atoms with Crippen LogP contribution in [0.4, 0.5) is 0 Å². The molecule has 2 rings (SSSR count). The molecule has 0 bridgehead atoms. The van der Waals surface area contributed by atoms with Gasteiger partial charge in [0.25, 0.3) is 0 Å². The van der Waals surface area contributed by atoms with Gasteiger partial charge in [-0.2, -0.15) is 0 Å². The van der Waals surface area contributed by atoms with Crippen LogP contribution in [0.1, 0.15) is 18.1 Å². The first-order chi connectivity index (χ1) is 12.4. The molecule has 1 aromatic carbocycles. The minimum Gasteiger partial charge on any atom is -0.390 e. The lowest BCUT2D eigenvalue weighted by Gasteiger charge is -2.15. The molecule has 1 aromatic heterocycles. The van der Waals surface area contributed by atoms with Crippen molar-refractivity contribution in [2.75, 3.05) is 18.8 Å². The van der Waals surface area contributed by atoms with Crippen molar-refractivity contribution in [2.45, 2.75) is 30.7 Å². The molecule has 0 radical (unpaired) electrons. The Hall–Kier alpha value is -1.17. The highest BCUT2D eigenvalue weighted by Gasteiger charge is 2.20. The lowest BCUT2D eigenvalue weighted by molar-refractivity contribution is 0.200. The molecular formula is C18H26IN3O3S2. The Morgan fingerprint density at radius 1 is 1.22 bits per heavy atom. The second-order valence-corrected chi connectivity index (χ2v) is 9.08. The molecule has 0 fully saturated rings. The topological polar surface area (TPSA) is 90.8 Å². The second kappa shape index (κ2) is 11.6. The molecule has 0 saturated carbocycles. The molecule has 2 aromatic rings. The highest BCUT2D eigenvalue weighted by atomic mass is 127. The van der Waals surface area contributed by atoms with Gasteiger partial charge in [-0.3, -0.25) is 0 Å². The van der Waals surface area contributed by atoms with E-state index in [1.54, 1.807) is 17.5 Å². The van der Waals surface area contributed by atoms with Crippen molar-refractivity contribution in [3.63, 3.8) is 0 Å². The fourth-order valence-electron chi connectivity index (χ4n) is 2.34. The number of rotatable bonds is 8. The van der Waals surface area contributed by atoms with E-state index < -0.39 is 15.9 Å². The zero-order valence-corrected chi connectivity index (χ0v) is 19.3. The van der Waals surface area contributed by atoms with Crippen molar-refractivity contribution < 1.29 is 13.5 Å². The Morgan fingerprint density at radius 3 is 2.59 bits per heavy atom. The van der Waals surface area contributed by atoms with Crippen LogP contribution >= 0.6 is 35.3 Å². The van der Waals surface area contributed by atoms with Gasteiger partial charge in [0.05, 0.1) is 18.4 Å². The van der Waals surface area contributed by atoms with E-state index in [2.05, 4.69) is 15.6 Å². The summed E-state index contributed by atoms with van der Waals surface area (Å²) in [5.41, 5.74) is 2.28. The van der Waals surface area contributed by atoms with Crippen LogP contribution in [-0.2, 0) is 16.4 Å². The standard InChI is InChI=1S/C18H25N3O3S2.HI/c1-3-19-18(20-11-15-8-5-4-7-14(15)2)21-12-16(22)13-26(23,24)17-9-6-10-25-17;/h4-10,16,22H,3,11-13H2,1-2H3,(H2,19,20,21);1H. The van der Waals surface area contributed by atoms with E-state index in [0.29, 0.717) is 19.0 Å². The quantitative estimate of drug-likeness (QED) is 0.281. The van der Waals surface area contributed by atoms with Crippen molar-refractivity contribution >= 4 is 51.1 Å². The molecule has 6 nitrogen and oxygen atoms in total. The van der Waals surface area contributed by atoms with Gasteiger partial charge in [-0.1, -0.05) is 30.3 Å². The first-order valence-corrected chi connectivity index (χ1v) is 11.0. The predicted octanol–water partition coefficient (Wildman–Crippen LogP) is 2.56. The number of thiophene rings is 1. The summed E-state index contributed by atoms with van der Waals surface area (Å²) in [6.45, 7) is 5.26. The van der Waals surface area contributed by atoms with Gasteiger partial charge in [0, 0.05) is 13.1 Å². The fraction of sp³-hybridized carbons (Fsp3) is 0.389. The van der Waals surface area contributed by atoms with Crippen molar-refractivity contribution in [3.8, 4) is 0 Å². The fourth-order valence-corrected chi connectivity index (χ4v) is 4.82. The average molecular weight is 523 g/mol. The van der Waals surface area contributed by atoms with Crippen molar-refractivity contribution in [2.24, 2.45) is 4.99 Å². The molecule has 0 aliphatic heterocycles. The molecule has 0 amide bonds. The lowest BCUT2D eigenvalue weighted by Crippen LogP contribution is -2.42. The van der Waals surface area contributed by atoms with Gasteiger partial charge in [0.1, 0.15) is 4.21 Å². The predicted molar refractivity (Wildman–Crippen MR) is 122 cm³/mol. The van der Waals surface area contributed by atoms with Crippen LogP contribution in [0, 0.1) is 6.92 Å². The molecule has 1 atom stereocenters. The molecule has 0 aliphatic carbocycles. The maximum absolute atomic E-state index is 12.2. The number of halogens is 1. The summed E-state index contributed by atoms with van der Waals surface area (Å²) in [5.74, 6) is 0.223. The van der Waals surface area contributed by atoms with Gasteiger partial charge in [-0.15, -0.1) is 35.3 Å². The number of sulfone groups is 1. The summed E-state index contributed by atoms with van der Waals surface area (Å²) in [4.78, 5) is 4.50. The van der Waals surface area contributed by atoms with Crippen molar-refractivity contribution in [1.29, 1.82) is 0 Å². The Bertz CT molecular complexity index is 824. The van der Waals surface area contributed by atoms with E-state index >= 15 is 0 Å². The zero-order valence-electron chi connectivity index (χ0n) is 15.4. The lowest BCUT2D eigenvalue weighted by atomic mass is 10.1. The maximum Gasteiger partial charge on any atom is 0.191 e. The van der Waals surface area contributed by atoms with Crippen LogP contribution in [-0.4, -0.2) is 44.4 Å². The number of aliphatic hydroxyl groups is 1. The minimum atomic E-state index is -3.47. The summed E-state index contributed by atoms with van der Waals surface area (Å²) in [6, 6.07) is 11.2. The highest BCUT2D eigenvalue weighted by molar-refractivity contribution is 14.0. The molecule has 1 unspecified atom stereocenters. The number of benzene rings is 1. The van der Waals surface area contributed by atoms with Crippen LogP contribution in [0.5, 0.6) is 0 Å². The molecule has 0 saturated heterocycles. The van der Waals surface area contributed by atoms with Gasteiger partial charge in [-0.05, 0) is 36.4 Å². The highest BCUT2D eigenvalue weighted by Crippen LogP contribution is 2.18. The molecule has 1 heterocycles. The van der Waals surface area contributed by atoms with E-state index in [0.717, 1.165) is 22.5 Å². The molecular weight excluding hydrogens is 497 g/mol. The third-order valence-electron chi connectivity index (χ3n) is 3.73. The number of aliphatic imine (C=N–C) groups is 1. The van der Waals surface area contributed by atoms with Crippen LogP contribution < -0.4 is 10.6 Å². The normalized spacial score (nSPS) is 12.9. The first-order valence-electron chi connectivity index (χ1n) is 8.43. The molecule has 0 aliphatic rings. The summed E-state index contributed by atoms with van der Waals surface area (Å²) in [6.07, 6.45) is -1.02. The molecule has 3 N–H and O–H groups in total. The van der Waals surface area contributed by atoms with Crippen molar-refractivity contribution in [1.82, 2.24) is 10.6 Å². The summed E-state index contributed by atoms with van der Waals surface area (Å²) >= 11 is 1.16. The summed E-state index contributed by atoms with van der Waals surface area (Å²) in [7, 11) is -3.47. The summed E-state index contributed by atoms with van der Waals surface area (Å²) < 4.78 is 24.7. The molecule has 150 valence electrons. The number of hydrogen-bond donors (Lipinski definition) is 3. The Kier molecular flexibility index (Phi) is 10.3. The van der Waals surface area contributed by atoms with Crippen LogP contribution in [0.15, 0.2) is 51.0 Å². The third kappa shape index (κ3) is 7.76. The first kappa shape index (κ1) is 23.9. The van der Waals surface area contributed by atoms with Gasteiger partial charge in [0.2, 0.25) is 0 Å². The van der Waals surface area contributed by atoms with Gasteiger partial charge < -0.3 is 15.7 Å². The monoisotopic (exact) mass is 523 g/mol. The summed E-state index contributed by atoms with van der Waals surface area (Å²) in [5, 5.41) is 17.9. The third-order valence-corrected chi connectivity index (χ3v) is 7.02.